The number of aryl methyl sites for hydroxylation is 2. The van der Waals surface area contributed by atoms with Gasteiger partial charge in [-0.25, -0.2) is 9.50 Å². The first-order chi connectivity index (χ1) is 12.6. The maximum atomic E-state index is 10.4. The van der Waals surface area contributed by atoms with E-state index < -0.39 is 0 Å². The van der Waals surface area contributed by atoms with Crippen LogP contribution in [0.1, 0.15) is 24.0 Å². The molecule has 0 radical (unpaired) electrons. The van der Waals surface area contributed by atoms with Gasteiger partial charge in [0.05, 0.1) is 17.9 Å². The first kappa shape index (κ1) is 15.6. The highest BCUT2D eigenvalue weighted by molar-refractivity contribution is 5.72. The predicted octanol–water partition coefficient (Wildman–Crippen LogP) is 2.48. The van der Waals surface area contributed by atoms with Crippen LogP contribution in [-0.4, -0.2) is 50.0 Å². The molecular formula is C19H21N5O2. The number of morpholine rings is 1. The summed E-state index contributed by atoms with van der Waals surface area (Å²) in [6.07, 6.45) is 4.65. The van der Waals surface area contributed by atoms with E-state index in [1.807, 2.05) is 32.2 Å². The molecule has 2 fully saturated rings. The highest BCUT2D eigenvalue weighted by Crippen LogP contribution is 2.33. The van der Waals surface area contributed by atoms with Crippen LogP contribution in [0, 0.1) is 13.8 Å². The van der Waals surface area contributed by atoms with Crippen molar-refractivity contribution in [1.29, 1.82) is 0 Å². The Morgan fingerprint density at radius 3 is 2.62 bits per heavy atom. The van der Waals surface area contributed by atoms with Crippen molar-refractivity contribution in [2.75, 3.05) is 18.0 Å². The molecule has 26 heavy (non-hydrogen) atoms. The molecule has 0 aliphatic carbocycles. The molecule has 0 spiro atoms. The molecule has 2 unspecified atom stereocenters. The molecule has 2 aromatic heterocycles. The fourth-order valence-electron chi connectivity index (χ4n) is 4.10. The van der Waals surface area contributed by atoms with E-state index >= 15 is 0 Å². The maximum Gasteiger partial charge on any atom is 0.254 e. The zero-order chi connectivity index (χ0) is 17.8. The van der Waals surface area contributed by atoms with Gasteiger partial charge in [0.2, 0.25) is 5.95 Å². The second kappa shape index (κ2) is 5.67. The van der Waals surface area contributed by atoms with Crippen LogP contribution in [0.3, 0.4) is 0 Å². The number of ether oxygens (including phenoxy) is 1. The topological polar surface area (TPSA) is 75.8 Å². The van der Waals surface area contributed by atoms with Crippen molar-refractivity contribution in [3.05, 3.63) is 35.5 Å². The van der Waals surface area contributed by atoms with Crippen LogP contribution >= 0.6 is 0 Å². The van der Waals surface area contributed by atoms with Crippen molar-refractivity contribution in [1.82, 2.24) is 19.6 Å². The third-order valence-corrected chi connectivity index (χ3v) is 5.24. The van der Waals surface area contributed by atoms with E-state index in [0.29, 0.717) is 17.4 Å². The standard InChI is InChI=1S/C19H21N5O2/c1-11-7-12(2)17(16(25)8-11)15-5-6-24-18(20-15)21-19(22-24)23-9-13-3-4-14(10-23)26-13/h5-8,13-14,25H,3-4,9-10H2,1-2H3. The molecule has 4 heterocycles. The van der Waals surface area contributed by atoms with Crippen molar-refractivity contribution >= 4 is 11.7 Å². The van der Waals surface area contributed by atoms with E-state index in [-0.39, 0.29) is 18.0 Å². The third kappa shape index (κ3) is 2.50. The Morgan fingerprint density at radius 2 is 1.88 bits per heavy atom. The first-order valence-corrected chi connectivity index (χ1v) is 9.01. The Morgan fingerprint density at radius 1 is 1.12 bits per heavy atom. The minimum Gasteiger partial charge on any atom is -0.507 e. The molecule has 3 aromatic rings. The van der Waals surface area contributed by atoms with Gasteiger partial charge in [0.25, 0.3) is 5.78 Å². The van der Waals surface area contributed by atoms with Gasteiger partial charge in [-0.3, -0.25) is 0 Å². The normalized spacial score (nSPS) is 22.3. The van der Waals surface area contributed by atoms with Crippen LogP contribution in [0.25, 0.3) is 17.0 Å². The van der Waals surface area contributed by atoms with Crippen LogP contribution in [0.15, 0.2) is 24.4 Å². The SMILES string of the molecule is Cc1cc(C)c(-c2ccn3nc(N4CC5CCC(C4)O5)nc3n2)c(O)c1. The summed E-state index contributed by atoms with van der Waals surface area (Å²) in [5.41, 5.74) is 3.46. The summed E-state index contributed by atoms with van der Waals surface area (Å²) in [6.45, 7) is 5.61. The predicted molar refractivity (Wildman–Crippen MR) is 97.5 cm³/mol. The molecule has 7 heteroatoms. The summed E-state index contributed by atoms with van der Waals surface area (Å²) in [4.78, 5) is 11.5. The van der Waals surface area contributed by atoms with Crippen LogP contribution in [-0.2, 0) is 4.74 Å². The van der Waals surface area contributed by atoms with Crippen LogP contribution in [0.2, 0.25) is 0 Å². The molecule has 0 saturated carbocycles. The minimum absolute atomic E-state index is 0.240. The summed E-state index contributed by atoms with van der Waals surface area (Å²) in [5.74, 6) is 1.47. The summed E-state index contributed by atoms with van der Waals surface area (Å²) >= 11 is 0. The number of rotatable bonds is 2. The molecule has 2 aliphatic heterocycles. The number of phenolic OH excluding ortho intramolecular Hbond substituents is 1. The number of aromatic nitrogens is 4. The summed E-state index contributed by atoms with van der Waals surface area (Å²) in [5, 5.41) is 14.9. The van der Waals surface area contributed by atoms with E-state index in [2.05, 4.69) is 20.0 Å². The fourth-order valence-corrected chi connectivity index (χ4v) is 4.10. The Kier molecular flexibility index (Phi) is 3.40. The lowest BCUT2D eigenvalue weighted by Crippen LogP contribution is -2.43. The Hall–Kier alpha value is -2.67. The van der Waals surface area contributed by atoms with E-state index in [1.54, 1.807) is 10.6 Å². The monoisotopic (exact) mass is 351 g/mol. The molecule has 0 amide bonds. The largest absolute Gasteiger partial charge is 0.507 e. The average molecular weight is 351 g/mol. The molecule has 134 valence electrons. The van der Waals surface area contributed by atoms with E-state index in [9.17, 15) is 5.11 Å². The molecule has 2 atom stereocenters. The van der Waals surface area contributed by atoms with Crippen LogP contribution < -0.4 is 4.90 Å². The number of hydrogen-bond acceptors (Lipinski definition) is 6. The van der Waals surface area contributed by atoms with Crippen LogP contribution in [0.4, 0.5) is 5.95 Å². The molecule has 7 nitrogen and oxygen atoms in total. The summed E-state index contributed by atoms with van der Waals surface area (Å²) < 4.78 is 7.58. The van der Waals surface area contributed by atoms with Gasteiger partial charge in [-0.15, -0.1) is 5.10 Å². The quantitative estimate of drug-likeness (QED) is 0.764. The molecule has 1 N–H and O–H groups in total. The molecule has 1 aromatic carbocycles. The lowest BCUT2D eigenvalue weighted by atomic mass is 10.0. The van der Waals surface area contributed by atoms with Gasteiger partial charge in [0.1, 0.15) is 5.75 Å². The van der Waals surface area contributed by atoms with Gasteiger partial charge >= 0.3 is 0 Å². The zero-order valence-electron chi connectivity index (χ0n) is 14.9. The van der Waals surface area contributed by atoms with Crippen LogP contribution in [0.5, 0.6) is 5.75 Å². The van der Waals surface area contributed by atoms with Crippen molar-refractivity contribution in [2.24, 2.45) is 0 Å². The van der Waals surface area contributed by atoms with Crippen molar-refractivity contribution in [3.8, 4) is 17.0 Å². The van der Waals surface area contributed by atoms with Crippen molar-refractivity contribution in [3.63, 3.8) is 0 Å². The summed E-state index contributed by atoms with van der Waals surface area (Å²) in [7, 11) is 0. The highest BCUT2D eigenvalue weighted by Gasteiger charge is 2.35. The summed E-state index contributed by atoms with van der Waals surface area (Å²) in [6, 6.07) is 5.67. The fraction of sp³-hybridized carbons (Fsp3) is 0.421. The molecule has 2 saturated heterocycles. The van der Waals surface area contributed by atoms with Gasteiger partial charge < -0.3 is 14.7 Å². The smallest absolute Gasteiger partial charge is 0.254 e. The molecule has 2 bridgehead atoms. The second-order valence-electron chi connectivity index (χ2n) is 7.31. The second-order valence-corrected chi connectivity index (χ2v) is 7.31. The highest BCUT2D eigenvalue weighted by atomic mass is 16.5. The van der Waals surface area contributed by atoms with Gasteiger partial charge in [-0.1, -0.05) is 6.07 Å². The van der Waals surface area contributed by atoms with Gasteiger partial charge in [-0.05, 0) is 49.9 Å². The van der Waals surface area contributed by atoms with E-state index in [0.717, 1.165) is 42.6 Å². The van der Waals surface area contributed by atoms with Gasteiger partial charge in [0, 0.05) is 24.8 Å². The van der Waals surface area contributed by atoms with Crippen molar-refractivity contribution < 1.29 is 9.84 Å². The molecule has 2 aliphatic rings. The van der Waals surface area contributed by atoms with Gasteiger partial charge in [0.15, 0.2) is 0 Å². The number of hydrogen-bond donors (Lipinski definition) is 1. The van der Waals surface area contributed by atoms with E-state index in [4.69, 9.17) is 4.74 Å². The molecule has 5 rings (SSSR count). The molecular weight excluding hydrogens is 330 g/mol. The maximum absolute atomic E-state index is 10.4. The lowest BCUT2D eigenvalue weighted by Gasteiger charge is -2.30. The lowest BCUT2D eigenvalue weighted by molar-refractivity contribution is 0.0299. The van der Waals surface area contributed by atoms with Gasteiger partial charge in [-0.2, -0.15) is 4.98 Å². The number of nitrogens with zero attached hydrogens (tertiary/aromatic N) is 5. The third-order valence-electron chi connectivity index (χ3n) is 5.24. The average Bonchev–Trinajstić information content (AvgIpc) is 3.16. The Bertz CT molecular complexity index is 964. The Labute approximate surface area is 151 Å². The first-order valence-electron chi connectivity index (χ1n) is 9.01. The number of anilines is 1. The number of phenols is 1. The number of benzene rings is 1. The van der Waals surface area contributed by atoms with Crippen molar-refractivity contribution in [2.45, 2.75) is 38.9 Å². The Balaban J connectivity index is 1.53. The number of aromatic hydroxyl groups is 1. The van der Waals surface area contributed by atoms with E-state index in [1.165, 1.54) is 0 Å². The zero-order valence-corrected chi connectivity index (χ0v) is 14.9. The minimum atomic E-state index is 0.240. The number of fused-ring (bicyclic) bond motifs is 3.